The van der Waals surface area contributed by atoms with Gasteiger partial charge in [0.15, 0.2) is 5.16 Å². The van der Waals surface area contributed by atoms with Gasteiger partial charge >= 0.3 is 0 Å². The largest absolute Gasteiger partial charge is 0.349 e. The number of aromatic nitrogens is 3. The first kappa shape index (κ1) is 23.0. The minimum atomic E-state index is -0.104. The molecule has 0 unspecified atom stereocenters. The van der Waals surface area contributed by atoms with E-state index in [0.717, 1.165) is 18.0 Å². The smallest absolute Gasteiger partial charge is 0.228 e. The van der Waals surface area contributed by atoms with E-state index in [1.807, 2.05) is 6.26 Å². The lowest BCUT2D eigenvalue weighted by atomic mass is 9.82. The van der Waals surface area contributed by atoms with Crippen molar-refractivity contribution in [2.45, 2.75) is 98.3 Å². The molecular formula is C20H39N5S. The fourth-order valence-corrected chi connectivity index (χ4v) is 4.26. The van der Waals surface area contributed by atoms with Crippen LogP contribution in [0, 0.1) is 10.8 Å². The summed E-state index contributed by atoms with van der Waals surface area (Å²) in [6, 6.07) is 0. The van der Waals surface area contributed by atoms with E-state index in [-0.39, 0.29) is 21.9 Å². The number of hydrogen-bond donors (Lipinski definition) is 2. The molecule has 0 amide bonds. The second kappa shape index (κ2) is 7.91. The summed E-state index contributed by atoms with van der Waals surface area (Å²) in [4.78, 5) is 13.8. The molecule has 0 aromatic carbocycles. The van der Waals surface area contributed by atoms with Crippen molar-refractivity contribution < 1.29 is 0 Å². The van der Waals surface area contributed by atoms with Gasteiger partial charge in [0.1, 0.15) is 0 Å². The highest BCUT2D eigenvalue weighted by atomic mass is 32.2. The Kier molecular flexibility index (Phi) is 7.00. The van der Waals surface area contributed by atoms with Gasteiger partial charge in [0.05, 0.1) is 0 Å². The van der Waals surface area contributed by atoms with Crippen molar-refractivity contribution in [1.29, 1.82) is 0 Å². The first-order valence-electron chi connectivity index (χ1n) is 9.37. The van der Waals surface area contributed by atoms with E-state index in [1.54, 1.807) is 0 Å². The molecule has 5 nitrogen and oxygen atoms in total. The number of anilines is 2. The zero-order valence-corrected chi connectivity index (χ0v) is 19.5. The molecule has 0 aliphatic heterocycles. The second-order valence-electron chi connectivity index (χ2n) is 11.0. The van der Waals surface area contributed by atoms with Gasteiger partial charge in [-0.2, -0.15) is 15.0 Å². The molecule has 0 spiro atoms. The van der Waals surface area contributed by atoms with Crippen molar-refractivity contribution in [1.82, 2.24) is 15.0 Å². The highest BCUT2D eigenvalue weighted by Gasteiger charge is 2.28. The molecule has 1 aromatic heterocycles. The third-order valence-electron chi connectivity index (χ3n) is 3.64. The average Bonchev–Trinajstić information content (AvgIpc) is 2.30. The summed E-state index contributed by atoms with van der Waals surface area (Å²) in [6.07, 6.45) is 4.01. The van der Waals surface area contributed by atoms with Crippen LogP contribution in [0.15, 0.2) is 5.16 Å². The molecule has 0 fully saturated rings. The van der Waals surface area contributed by atoms with Crippen molar-refractivity contribution in [2.75, 3.05) is 16.9 Å². The first-order valence-corrected chi connectivity index (χ1v) is 10.6. The quantitative estimate of drug-likeness (QED) is 0.578. The minimum absolute atomic E-state index is 0.104. The summed E-state index contributed by atoms with van der Waals surface area (Å²) in [5, 5.41) is 7.74. The lowest BCUT2D eigenvalue weighted by Crippen LogP contribution is -2.37. The molecule has 1 rings (SSSR count). The maximum absolute atomic E-state index is 4.65. The summed E-state index contributed by atoms with van der Waals surface area (Å²) >= 11 is 1.53. The molecule has 0 aliphatic carbocycles. The molecule has 1 aromatic rings. The fraction of sp³-hybridized carbons (Fsp3) is 0.850. The van der Waals surface area contributed by atoms with Crippen molar-refractivity contribution >= 4 is 23.7 Å². The summed E-state index contributed by atoms with van der Waals surface area (Å²) in [5.74, 6) is 1.26. The topological polar surface area (TPSA) is 62.7 Å². The van der Waals surface area contributed by atoms with Gasteiger partial charge in [0.25, 0.3) is 0 Å². The van der Waals surface area contributed by atoms with E-state index >= 15 is 0 Å². The highest BCUT2D eigenvalue weighted by Crippen LogP contribution is 2.31. The van der Waals surface area contributed by atoms with Gasteiger partial charge < -0.3 is 10.6 Å². The number of nitrogens with one attached hydrogen (secondary N) is 2. The van der Waals surface area contributed by atoms with Crippen LogP contribution in [0.4, 0.5) is 11.9 Å². The third-order valence-corrected chi connectivity index (χ3v) is 4.19. The lowest BCUT2D eigenvalue weighted by Gasteiger charge is -2.34. The Morgan fingerprint density at radius 3 is 1.27 bits per heavy atom. The maximum Gasteiger partial charge on any atom is 0.228 e. The van der Waals surface area contributed by atoms with Gasteiger partial charge in [-0.3, -0.25) is 0 Å². The van der Waals surface area contributed by atoms with E-state index in [4.69, 9.17) is 0 Å². The Morgan fingerprint density at radius 2 is 1.00 bits per heavy atom. The highest BCUT2D eigenvalue weighted by molar-refractivity contribution is 7.98. The average molecular weight is 382 g/mol. The summed E-state index contributed by atoms with van der Waals surface area (Å²) in [7, 11) is 0. The normalized spacial score (nSPS) is 13.7. The van der Waals surface area contributed by atoms with Crippen LogP contribution in [0.3, 0.4) is 0 Å². The van der Waals surface area contributed by atoms with Crippen LogP contribution in [0.2, 0.25) is 0 Å². The molecule has 2 N–H and O–H groups in total. The van der Waals surface area contributed by atoms with Crippen molar-refractivity contribution in [3.63, 3.8) is 0 Å². The van der Waals surface area contributed by atoms with E-state index in [9.17, 15) is 0 Å². The van der Waals surface area contributed by atoms with Crippen LogP contribution in [0.25, 0.3) is 0 Å². The number of nitrogens with zero attached hydrogens (tertiary/aromatic N) is 3. The molecule has 1 heterocycles. The first-order chi connectivity index (χ1) is 11.5. The van der Waals surface area contributed by atoms with Crippen molar-refractivity contribution in [3.8, 4) is 0 Å². The number of rotatable bonds is 7. The van der Waals surface area contributed by atoms with Crippen LogP contribution in [0.1, 0.15) is 82.1 Å². The van der Waals surface area contributed by atoms with E-state index in [1.165, 1.54) is 11.8 Å². The standard InChI is InChI=1S/C20H39N5S/c1-17(2,3)12-19(7,8)24-14-21-15(23-16(22-14)26-11)25-20(9,10)13-18(4,5)6/h12-13H2,1-11H3,(H2,21,22,23,24,25). The summed E-state index contributed by atoms with van der Waals surface area (Å²) in [6.45, 7) is 22.3. The van der Waals surface area contributed by atoms with Crippen LogP contribution < -0.4 is 10.6 Å². The molecule has 0 aliphatic rings. The molecule has 0 saturated carbocycles. The summed E-state index contributed by atoms with van der Waals surface area (Å²) in [5.41, 5.74) is 0.240. The molecule has 150 valence electrons. The zero-order valence-electron chi connectivity index (χ0n) is 18.7. The van der Waals surface area contributed by atoms with Gasteiger partial charge in [0, 0.05) is 11.1 Å². The number of hydrogen-bond acceptors (Lipinski definition) is 6. The van der Waals surface area contributed by atoms with Gasteiger partial charge in [-0.1, -0.05) is 53.3 Å². The predicted molar refractivity (Wildman–Crippen MR) is 115 cm³/mol. The molecule has 26 heavy (non-hydrogen) atoms. The number of thioether (sulfide) groups is 1. The van der Waals surface area contributed by atoms with E-state index < -0.39 is 0 Å². The maximum atomic E-state index is 4.65. The Morgan fingerprint density at radius 1 is 0.654 bits per heavy atom. The molecule has 0 radical (unpaired) electrons. The second-order valence-corrected chi connectivity index (χ2v) is 11.7. The third kappa shape index (κ3) is 9.06. The monoisotopic (exact) mass is 381 g/mol. The van der Waals surface area contributed by atoms with Crippen LogP contribution >= 0.6 is 11.8 Å². The van der Waals surface area contributed by atoms with Gasteiger partial charge in [-0.15, -0.1) is 0 Å². The zero-order chi connectivity index (χ0) is 20.4. The fourth-order valence-electron chi connectivity index (χ4n) is 3.90. The van der Waals surface area contributed by atoms with Crippen LogP contribution in [-0.4, -0.2) is 32.3 Å². The SMILES string of the molecule is CSc1nc(NC(C)(C)CC(C)(C)C)nc(NC(C)(C)CC(C)(C)C)n1. The van der Waals surface area contributed by atoms with Gasteiger partial charge in [0.2, 0.25) is 11.9 Å². The molecule has 6 heteroatoms. The van der Waals surface area contributed by atoms with Gasteiger partial charge in [-0.05, 0) is 57.6 Å². The lowest BCUT2D eigenvalue weighted by molar-refractivity contribution is 0.300. The summed E-state index contributed by atoms with van der Waals surface area (Å²) < 4.78 is 0. The minimum Gasteiger partial charge on any atom is -0.349 e. The van der Waals surface area contributed by atoms with E-state index in [2.05, 4.69) is 94.8 Å². The van der Waals surface area contributed by atoms with Crippen molar-refractivity contribution in [2.24, 2.45) is 10.8 Å². The Hall–Kier alpha value is -1.04. The van der Waals surface area contributed by atoms with Crippen LogP contribution in [0.5, 0.6) is 0 Å². The molecule has 0 saturated heterocycles. The predicted octanol–water partition coefficient (Wildman–Crippen LogP) is 5.85. The Balaban J connectivity index is 3.05. The van der Waals surface area contributed by atoms with Gasteiger partial charge in [-0.25, -0.2) is 0 Å². The molecule has 0 atom stereocenters. The van der Waals surface area contributed by atoms with E-state index in [0.29, 0.717) is 11.9 Å². The Bertz CT molecular complexity index is 549. The molecule has 0 bridgehead atoms. The van der Waals surface area contributed by atoms with Crippen LogP contribution in [-0.2, 0) is 0 Å². The van der Waals surface area contributed by atoms with Crippen molar-refractivity contribution in [3.05, 3.63) is 0 Å². The Labute approximate surface area is 165 Å². The molecular weight excluding hydrogens is 342 g/mol.